The van der Waals surface area contributed by atoms with Crippen molar-refractivity contribution in [2.75, 3.05) is 14.2 Å². The molecular weight excluding hydrogens is 425 g/mol. The smallest absolute Gasteiger partial charge is 0.433 e. The monoisotopic (exact) mass is 442 g/mol. The fraction of sp³-hybridized carbons (Fsp3) is 0.286. The van der Waals surface area contributed by atoms with E-state index in [0.717, 1.165) is 11.6 Å². The number of rotatable bonds is 5. The third-order valence-corrected chi connectivity index (χ3v) is 5.46. The molecule has 8 nitrogen and oxygen atoms in total. The van der Waals surface area contributed by atoms with Gasteiger partial charge >= 0.3 is 12.2 Å². The molecule has 2 atom stereocenters. The van der Waals surface area contributed by atoms with Crippen molar-refractivity contribution < 1.29 is 22.6 Å². The van der Waals surface area contributed by atoms with Crippen molar-refractivity contribution in [1.82, 2.24) is 29.5 Å². The number of ether oxygens (including phenoxy) is 2. The summed E-state index contributed by atoms with van der Waals surface area (Å²) in [7, 11) is 2.94. The second-order valence-corrected chi connectivity index (χ2v) is 7.38. The number of halogens is 3. The Balaban J connectivity index is 1.55. The number of imidazole rings is 1. The maximum absolute atomic E-state index is 13.1. The van der Waals surface area contributed by atoms with Gasteiger partial charge in [-0.2, -0.15) is 23.3 Å². The lowest BCUT2D eigenvalue weighted by molar-refractivity contribution is -0.141. The predicted molar refractivity (Wildman–Crippen MR) is 106 cm³/mol. The first kappa shape index (κ1) is 20.2. The van der Waals surface area contributed by atoms with Crippen LogP contribution in [0.2, 0.25) is 0 Å². The van der Waals surface area contributed by atoms with E-state index >= 15 is 0 Å². The zero-order valence-electron chi connectivity index (χ0n) is 17.0. The first-order chi connectivity index (χ1) is 15.4. The Hall–Kier alpha value is -3.76. The maximum Gasteiger partial charge on any atom is 0.433 e. The minimum Gasteiger partial charge on any atom is -0.480 e. The highest BCUT2D eigenvalue weighted by molar-refractivity contribution is 5.68. The van der Waals surface area contributed by atoms with E-state index in [1.54, 1.807) is 29.2 Å². The van der Waals surface area contributed by atoms with Crippen LogP contribution in [0, 0.1) is 0 Å². The summed E-state index contributed by atoms with van der Waals surface area (Å²) in [6.45, 7) is 0. The third-order valence-electron chi connectivity index (χ3n) is 5.46. The molecule has 4 aromatic rings. The van der Waals surface area contributed by atoms with Crippen molar-refractivity contribution in [1.29, 1.82) is 0 Å². The Labute approximate surface area is 180 Å². The molecule has 4 heterocycles. The van der Waals surface area contributed by atoms with Gasteiger partial charge in [-0.1, -0.05) is 0 Å². The fourth-order valence-corrected chi connectivity index (χ4v) is 3.87. The highest BCUT2D eigenvalue weighted by Crippen LogP contribution is 2.56. The number of fused-ring (bicyclic) bond motifs is 1. The van der Waals surface area contributed by atoms with E-state index in [0.29, 0.717) is 34.8 Å². The number of methoxy groups -OCH3 is 2. The lowest BCUT2D eigenvalue weighted by atomic mass is 10.0. The van der Waals surface area contributed by atoms with Gasteiger partial charge in [0.25, 0.3) is 0 Å². The van der Waals surface area contributed by atoms with Gasteiger partial charge in [0.1, 0.15) is 5.69 Å². The zero-order valence-corrected chi connectivity index (χ0v) is 17.0. The molecule has 0 unspecified atom stereocenters. The van der Waals surface area contributed by atoms with Crippen molar-refractivity contribution in [2.45, 2.75) is 24.4 Å². The molecule has 0 aliphatic heterocycles. The van der Waals surface area contributed by atoms with Crippen LogP contribution in [0.1, 0.15) is 35.1 Å². The largest absolute Gasteiger partial charge is 0.480 e. The third kappa shape index (κ3) is 3.49. The van der Waals surface area contributed by atoms with Crippen molar-refractivity contribution in [2.24, 2.45) is 0 Å². The van der Waals surface area contributed by atoms with Crippen molar-refractivity contribution >= 4 is 5.65 Å². The number of hydrogen-bond donors (Lipinski definition) is 0. The standard InChI is InChI=1S/C21H17F3N6O2/c1-31-19-15(10-27-20(28-19)32-2)16-9-14(18-26-5-6-30(18)29-16)13-8-12(13)11-3-4-25-17(7-11)21(22,23)24/h3-7,9-10,12-13H,8H2,1-2H3/t12-,13+/m1/s1. The quantitative estimate of drug-likeness (QED) is 0.463. The molecule has 0 amide bonds. The summed E-state index contributed by atoms with van der Waals surface area (Å²) >= 11 is 0. The molecular formula is C21H17F3N6O2. The van der Waals surface area contributed by atoms with Crippen LogP contribution in [0.25, 0.3) is 16.9 Å². The Morgan fingerprint density at radius 3 is 2.62 bits per heavy atom. The van der Waals surface area contributed by atoms with E-state index < -0.39 is 11.9 Å². The molecule has 0 spiro atoms. The zero-order chi connectivity index (χ0) is 22.5. The van der Waals surface area contributed by atoms with Crippen LogP contribution >= 0.6 is 0 Å². The van der Waals surface area contributed by atoms with Crippen LogP contribution in [0.4, 0.5) is 13.2 Å². The summed E-state index contributed by atoms with van der Waals surface area (Å²) in [6, 6.07) is 4.78. The van der Waals surface area contributed by atoms with E-state index in [-0.39, 0.29) is 17.8 Å². The topological polar surface area (TPSA) is 87.3 Å². The molecule has 1 fully saturated rings. The molecule has 1 aliphatic carbocycles. The van der Waals surface area contributed by atoms with Gasteiger partial charge in [-0.15, -0.1) is 0 Å². The summed E-state index contributed by atoms with van der Waals surface area (Å²) in [4.78, 5) is 16.2. The van der Waals surface area contributed by atoms with Gasteiger partial charge in [0.2, 0.25) is 5.88 Å². The summed E-state index contributed by atoms with van der Waals surface area (Å²) in [5.74, 6) is 0.227. The Morgan fingerprint density at radius 2 is 1.88 bits per heavy atom. The molecule has 0 N–H and O–H groups in total. The van der Waals surface area contributed by atoms with Gasteiger partial charge in [-0.25, -0.2) is 14.5 Å². The van der Waals surface area contributed by atoms with Gasteiger partial charge in [-0.3, -0.25) is 4.98 Å². The second kappa shape index (κ2) is 7.43. The highest BCUT2D eigenvalue weighted by atomic mass is 19.4. The Morgan fingerprint density at radius 1 is 1.03 bits per heavy atom. The van der Waals surface area contributed by atoms with Crippen LogP contribution in [0.5, 0.6) is 11.9 Å². The molecule has 1 aliphatic rings. The lowest BCUT2D eigenvalue weighted by Crippen LogP contribution is -2.08. The van der Waals surface area contributed by atoms with E-state index in [9.17, 15) is 13.2 Å². The summed E-state index contributed by atoms with van der Waals surface area (Å²) in [6.07, 6.45) is 2.32. The first-order valence-electron chi connectivity index (χ1n) is 9.72. The van der Waals surface area contributed by atoms with Crippen molar-refractivity contribution in [3.63, 3.8) is 0 Å². The molecule has 4 aromatic heterocycles. The van der Waals surface area contributed by atoms with E-state index in [2.05, 4.69) is 25.0 Å². The second-order valence-electron chi connectivity index (χ2n) is 7.38. The molecule has 0 saturated heterocycles. The Bertz CT molecular complexity index is 1310. The molecule has 5 rings (SSSR count). The predicted octanol–water partition coefficient (Wildman–Crippen LogP) is 3.89. The van der Waals surface area contributed by atoms with Crippen LogP contribution < -0.4 is 9.47 Å². The van der Waals surface area contributed by atoms with Crippen molar-refractivity contribution in [3.05, 3.63) is 59.8 Å². The SMILES string of the molecule is COc1ncc(-c2cc([C@H]3C[C@@H]3c3ccnc(C(F)(F)F)c3)c3nccn3n2)c(OC)n1. The van der Waals surface area contributed by atoms with E-state index in [1.165, 1.54) is 20.4 Å². The van der Waals surface area contributed by atoms with E-state index in [4.69, 9.17) is 9.47 Å². The van der Waals surface area contributed by atoms with Crippen LogP contribution in [-0.4, -0.2) is 43.8 Å². The molecule has 0 radical (unpaired) electrons. The summed E-state index contributed by atoms with van der Waals surface area (Å²) in [5.41, 5.74) is 2.37. The highest BCUT2D eigenvalue weighted by Gasteiger charge is 2.43. The number of pyridine rings is 1. The first-order valence-corrected chi connectivity index (χ1v) is 9.72. The van der Waals surface area contributed by atoms with Gasteiger partial charge < -0.3 is 9.47 Å². The van der Waals surface area contributed by atoms with Gasteiger partial charge in [-0.05, 0) is 42.0 Å². The molecule has 1 saturated carbocycles. The normalized spacial score (nSPS) is 18.0. The van der Waals surface area contributed by atoms with Crippen LogP contribution in [-0.2, 0) is 6.18 Å². The molecule has 0 aromatic carbocycles. The average Bonchev–Trinajstić information content (AvgIpc) is 3.45. The van der Waals surface area contributed by atoms with E-state index in [1.807, 2.05) is 6.07 Å². The number of hydrogen-bond acceptors (Lipinski definition) is 7. The van der Waals surface area contributed by atoms with Gasteiger partial charge in [0.05, 0.1) is 25.5 Å². The molecule has 0 bridgehead atoms. The van der Waals surface area contributed by atoms with Crippen molar-refractivity contribution in [3.8, 4) is 23.1 Å². The van der Waals surface area contributed by atoms with Crippen LogP contribution in [0.3, 0.4) is 0 Å². The number of nitrogens with zero attached hydrogens (tertiary/aromatic N) is 6. The molecule has 11 heteroatoms. The average molecular weight is 442 g/mol. The summed E-state index contributed by atoms with van der Waals surface area (Å²) in [5, 5.41) is 4.58. The minimum absolute atomic E-state index is 0.00436. The maximum atomic E-state index is 13.1. The lowest BCUT2D eigenvalue weighted by Gasteiger charge is -2.11. The molecule has 32 heavy (non-hydrogen) atoms. The number of alkyl halides is 3. The van der Waals surface area contributed by atoms with Gasteiger partial charge in [0, 0.05) is 30.4 Å². The summed E-state index contributed by atoms with van der Waals surface area (Å²) < 4.78 is 51.3. The van der Waals surface area contributed by atoms with Crippen LogP contribution in [0.15, 0.2) is 43.0 Å². The van der Waals surface area contributed by atoms with Gasteiger partial charge in [0.15, 0.2) is 5.65 Å². The fourth-order valence-electron chi connectivity index (χ4n) is 3.87. The Kier molecular flexibility index (Phi) is 4.68. The number of aromatic nitrogens is 6. The molecule has 164 valence electrons. The minimum atomic E-state index is -4.48.